The van der Waals surface area contributed by atoms with Crippen molar-refractivity contribution in [2.45, 2.75) is 31.1 Å². The molecule has 2 aromatic carbocycles. The molecule has 0 aliphatic carbocycles. The SMILES string of the molecule is CC1CCN(S(=O)(=O)c2ccc(C(=O)Nc3cc(N4CCCS4(=O)=O)ccc3O)cc2)CC1. The molecule has 0 spiro atoms. The van der Waals surface area contributed by atoms with Gasteiger partial charge < -0.3 is 10.4 Å². The highest BCUT2D eigenvalue weighted by Crippen LogP contribution is 2.32. The Hall–Kier alpha value is -2.63. The average Bonchev–Trinajstić information content (AvgIpc) is 3.14. The van der Waals surface area contributed by atoms with E-state index < -0.39 is 26.0 Å². The van der Waals surface area contributed by atoms with Gasteiger partial charge in [0.05, 0.1) is 22.0 Å². The van der Waals surface area contributed by atoms with Gasteiger partial charge in [-0.15, -0.1) is 0 Å². The van der Waals surface area contributed by atoms with E-state index in [1.807, 2.05) is 0 Å². The Labute approximate surface area is 194 Å². The molecule has 2 heterocycles. The first-order valence-corrected chi connectivity index (χ1v) is 13.9. The molecule has 9 nitrogen and oxygen atoms in total. The van der Waals surface area contributed by atoms with Crippen LogP contribution in [0.5, 0.6) is 5.75 Å². The summed E-state index contributed by atoms with van der Waals surface area (Å²) in [5.41, 5.74) is 0.636. The molecule has 1 amide bonds. The van der Waals surface area contributed by atoms with Gasteiger partial charge in [-0.25, -0.2) is 16.8 Å². The number of phenolic OH excluding ortho intramolecular Hbond substituents is 1. The predicted octanol–water partition coefficient (Wildman–Crippen LogP) is 2.61. The monoisotopic (exact) mass is 493 g/mol. The van der Waals surface area contributed by atoms with Crippen LogP contribution in [0.3, 0.4) is 0 Å². The molecule has 2 saturated heterocycles. The predicted molar refractivity (Wildman–Crippen MR) is 125 cm³/mol. The number of carbonyl (C=O) groups excluding carboxylic acids is 1. The lowest BCUT2D eigenvalue weighted by atomic mass is 10.0. The Kier molecular flexibility index (Phi) is 6.39. The van der Waals surface area contributed by atoms with Crippen molar-refractivity contribution < 1.29 is 26.7 Å². The number of nitrogens with one attached hydrogen (secondary N) is 1. The maximum atomic E-state index is 12.9. The number of piperidine rings is 1. The van der Waals surface area contributed by atoms with Gasteiger partial charge in [0.15, 0.2) is 0 Å². The van der Waals surface area contributed by atoms with Crippen molar-refractivity contribution in [1.29, 1.82) is 0 Å². The van der Waals surface area contributed by atoms with Crippen molar-refractivity contribution in [2.24, 2.45) is 5.92 Å². The van der Waals surface area contributed by atoms with Gasteiger partial charge in [-0.2, -0.15) is 4.31 Å². The Morgan fingerprint density at radius 1 is 1.06 bits per heavy atom. The molecule has 33 heavy (non-hydrogen) atoms. The van der Waals surface area contributed by atoms with Gasteiger partial charge in [0, 0.05) is 25.2 Å². The standard InChI is InChI=1S/C22H27N3O6S2/c1-16-9-12-24(13-10-16)33(30,31)19-6-3-17(4-7-19)22(27)23-20-15-18(5-8-21(20)26)25-11-2-14-32(25,28)29/h3-8,15-16,26H,2,9-14H2,1H3,(H,23,27). The van der Waals surface area contributed by atoms with Crippen LogP contribution in [0.1, 0.15) is 36.5 Å². The molecular weight excluding hydrogens is 466 g/mol. The summed E-state index contributed by atoms with van der Waals surface area (Å²) in [7, 11) is -7.02. The highest BCUT2D eigenvalue weighted by atomic mass is 32.2. The maximum Gasteiger partial charge on any atom is 0.255 e. The molecule has 0 saturated carbocycles. The quantitative estimate of drug-likeness (QED) is 0.617. The molecule has 4 rings (SSSR count). The number of benzene rings is 2. The highest BCUT2D eigenvalue weighted by molar-refractivity contribution is 7.93. The first-order chi connectivity index (χ1) is 15.6. The minimum Gasteiger partial charge on any atom is -0.506 e. The number of carbonyl (C=O) groups is 1. The van der Waals surface area contributed by atoms with Gasteiger partial charge in [0.2, 0.25) is 20.0 Å². The number of hydrogen-bond acceptors (Lipinski definition) is 6. The van der Waals surface area contributed by atoms with Crippen LogP contribution in [-0.4, -0.2) is 57.5 Å². The molecule has 0 unspecified atom stereocenters. The van der Waals surface area contributed by atoms with E-state index in [4.69, 9.17) is 0 Å². The molecule has 2 aliphatic rings. The first-order valence-electron chi connectivity index (χ1n) is 10.8. The van der Waals surface area contributed by atoms with Crippen molar-refractivity contribution in [3.05, 3.63) is 48.0 Å². The topological polar surface area (TPSA) is 124 Å². The number of hydrogen-bond donors (Lipinski definition) is 2. The number of phenols is 1. The van der Waals surface area contributed by atoms with Crippen LogP contribution in [0.2, 0.25) is 0 Å². The largest absolute Gasteiger partial charge is 0.506 e. The van der Waals surface area contributed by atoms with Crippen molar-refractivity contribution in [3.8, 4) is 5.75 Å². The number of sulfonamides is 2. The fourth-order valence-electron chi connectivity index (χ4n) is 4.06. The third kappa shape index (κ3) is 4.85. The lowest BCUT2D eigenvalue weighted by Gasteiger charge is -2.29. The molecule has 0 aromatic heterocycles. The van der Waals surface area contributed by atoms with Crippen molar-refractivity contribution in [1.82, 2.24) is 4.31 Å². The van der Waals surface area contributed by atoms with E-state index in [0.717, 1.165) is 12.8 Å². The smallest absolute Gasteiger partial charge is 0.255 e. The van der Waals surface area contributed by atoms with Crippen molar-refractivity contribution in [3.63, 3.8) is 0 Å². The molecule has 2 aromatic rings. The van der Waals surface area contributed by atoms with Gasteiger partial charge in [-0.3, -0.25) is 9.10 Å². The lowest BCUT2D eigenvalue weighted by molar-refractivity contribution is 0.102. The maximum absolute atomic E-state index is 12.9. The number of aromatic hydroxyl groups is 1. The summed E-state index contributed by atoms with van der Waals surface area (Å²) >= 11 is 0. The van der Waals surface area contributed by atoms with Crippen molar-refractivity contribution in [2.75, 3.05) is 35.0 Å². The van der Waals surface area contributed by atoms with Crippen LogP contribution in [0.15, 0.2) is 47.4 Å². The minimum absolute atomic E-state index is 0.0568. The summed E-state index contributed by atoms with van der Waals surface area (Å²) in [5, 5.41) is 12.7. The fourth-order valence-corrected chi connectivity index (χ4v) is 7.08. The van der Waals surface area contributed by atoms with Gasteiger partial charge in [-0.1, -0.05) is 6.92 Å². The number of rotatable bonds is 5. The Balaban J connectivity index is 1.50. The second kappa shape index (κ2) is 8.96. The summed E-state index contributed by atoms with van der Waals surface area (Å²) in [5.74, 6) is -0.200. The van der Waals surface area contributed by atoms with E-state index in [0.29, 0.717) is 37.7 Å². The van der Waals surface area contributed by atoms with E-state index in [1.54, 1.807) is 0 Å². The molecule has 2 N–H and O–H groups in total. The van der Waals surface area contributed by atoms with Crippen LogP contribution in [-0.2, 0) is 20.0 Å². The molecule has 2 aliphatic heterocycles. The molecule has 0 atom stereocenters. The Morgan fingerprint density at radius 3 is 2.33 bits per heavy atom. The molecule has 0 radical (unpaired) electrons. The Morgan fingerprint density at radius 2 is 1.73 bits per heavy atom. The van der Waals surface area contributed by atoms with Gasteiger partial charge in [0.25, 0.3) is 5.91 Å². The highest BCUT2D eigenvalue weighted by Gasteiger charge is 2.30. The van der Waals surface area contributed by atoms with Crippen LogP contribution in [0.25, 0.3) is 0 Å². The second-order valence-corrected chi connectivity index (χ2v) is 12.5. The zero-order valence-corrected chi connectivity index (χ0v) is 19.9. The van der Waals surface area contributed by atoms with Gasteiger partial charge in [0.1, 0.15) is 5.75 Å². The summed E-state index contributed by atoms with van der Waals surface area (Å²) in [6, 6.07) is 9.85. The van der Waals surface area contributed by atoms with Crippen LogP contribution in [0.4, 0.5) is 11.4 Å². The molecule has 11 heteroatoms. The summed E-state index contributed by atoms with van der Waals surface area (Å²) in [6.45, 7) is 3.41. The van der Waals surface area contributed by atoms with Gasteiger partial charge in [-0.05, 0) is 67.6 Å². The lowest BCUT2D eigenvalue weighted by Crippen LogP contribution is -2.37. The van der Waals surface area contributed by atoms with E-state index in [9.17, 15) is 26.7 Å². The van der Waals surface area contributed by atoms with E-state index in [1.165, 1.54) is 51.1 Å². The van der Waals surface area contributed by atoms with Crippen LogP contribution < -0.4 is 9.62 Å². The Bertz CT molecular complexity index is 1250. The zero-order chi connectivity index (χ0) is 23.8. The molecule has 2 fully saturated rings. The van der Waals surface area contributed by atoms with Crippen LogP contribution >= 0.6 is 0 Å². The summed E-state index contributed by atoms with van der Waals surface area (Å²) in [6.07, 6.45) is 2.15. The summed E-state index contributed by atoms with van der Waals surface area (Å²) < 4.78 is 52.8. The van der Waals surface area contributed by atoms with E-state index in [-0.39, 0.29) is 27.6 Å². The zero-order valence-electron chi connectivity index (χ0n) is 18.3. The first kappa shape index (κ1) is 23.5. The third-order valence-electron chi connectivity index (χ3n) is 6.11. The molecular formula is C22H27N3O6S2. The van der Waals surface area contributed by atoms with Crippen LogP contribution in [0, 0.1) is 5.92 Å². The minimum atomic E-state index is -3.62. The van der Waals surface area contributed by atoms with Gasteiger partial charge >= 0.3 is 0 Å². The van der Waals surface area contributed by atoms with E-state index >= 15 is 0 Å². The molecule has 0 bridgehead atoms. The number of nitrogens with zero attached hydrogens (tertiary/aromatic N) is 2. The normalized spacial score (nSPS) is 19.5. The van der Waals surface area contributed by atoms with E-state index in [2.05, 4.69) is 12.2 Å². The fraction of sp³-hybridized carbons (Fsp3) is 0.409. The average molecular weight is 494 g/mol. The third-order valence-corrected chi connectivity index (χ3v) is 9.89. The second-order valence-electron chi connectivity index (χ2n) is 8.51. The summed E-state index contributed by atoms with van der Waals surface area (Å²) in [4.78, 5) is 12.8. The van der Waals surface area contributed by atoms with Crippen molar-refractivity contribution >= 4 is 37.3 Å². The number of anilines is 2. The number of amides is 1. The molecule has 178 valence electrons.